The van der Waals surface area contributed by atoms with Gasteiger partial charge in [0.1, 0.15) is 16.7 Å². The molecular formula is C51H29BN2O2. The van der Waals surface area contributed by atoms with Gasteiger partial charge in [-0.15, -0.1) is 0 Å². The minimum atomic E-state index is -0.582. The Labute approximate surface area is 321 Å². The first-order chi connectivity index (χ1) is 27.8. The summed E-state index contributed by atoms with van der Waals surface area (Å²) in [6.07, 6.45) is 0. The SMILES string of the molecule is c1ccc(C2(c3ccccc3)c3ccccc3N3c4cc5c(oc6ccccc65)c5c4B(c4cccc2c43)n2c3oc4ccccc4c3c3cccc-5c32)cc1. The lowest BCUT2D eigenvalue weighted by atomic mass is 9.44. The molecule has 0 unspecified atom stereocenters. The van der Waals surface area contributed by atoms with Crippen LogP contribution in [0.25, 0.3) is 66.0 Å². The van der Waals surface area contributed by atoms with Gasteiger partial charge in [-0.1, -0.05) is 152 Å². The van der Waals surface area contributed by atoms with Crippen LogP contribution in [-0.2, 0) is 5.41 Å². The fraction of sp³-hybridized carbons (Fsp3) is 0.0196. The molecule has 56 heavy (non-hydrogen) atoms. The molecular weight excluding hydrogens is 683 g/mol. The lowest BCUT2D eigenvalue weighted by Gasteiger charge is -2.50. The second-order valence-corrected chi connectivity index (χ2v) is 15.5. The number of nitrogens with zero attached hydrogens (tertiary/aromatic N) is 2. The molecule has 0 N–H and O–H groups in total. The third kappa shape index (κ3) is 3.24. The van der Waals surface area contributed by atoms with E-state index in [1.54, 1.807) is 0 Å². The minimum Gasteiger partial charge on any atom is -0.455 e. The molecule has 8 aromatic carbocycles. The number of furan rings is 2. The van der Waals surface area contributed by atoms with Crippen LogP contribution in [0.3, 0.4) is 0 Å². The van der Waals surface area contributed by atoms with Crippen LogP contribution in [0, 0.1) is 0 Å². The Kier molecular flexibility index (Phi) is 5.25. The van der Waals surface area contributed by atoms with Crippen molar-refractivity contribution in [1.82, 2.24) is 4.48 Å². The van der Waals surface area contributed by atoms with Gasteiger partial charge in [0.05, 0.1) is 16.5 Å². The number of aromatic nitrogens is 1. The second-order valence-electron chi connectivity index (χ2n) is 15.5. The fourth-order valence-corrected chi connectivity index (χ4v) is 11.0. The summed E-state index contributed by atoms with van der Waals surface area (Å²) in [6.45, 7) is -0.186. The summed E-state index contributed by atoms with van der Waals surface area (Å²) >= 11 is 0. The molecule has 0 fully saturated rings. The Bertz CT molecular complexity index is 3460. The largest absolute Gasteiger partial charge is 0.455 e. The van der Waals surface area contributed by atoms with Gasteiger partial charge in [0, 0.05) is 49.6 Å². The number of hydrogen-bond acceptors (Lipinski definition) is 3. The molecule has 3 aliphatic heterocycles. The zero-order valence-corrected chi connectivity index (χ0v) is 30.0. The third-order valence-electron chi connectivity index (χ3n) is 13.0. The van der Waals surface area contributed by atoms with Crippen molar-refractivity contribution in [2.45, 2.75) is 5.41 Å². The number of benzene rings is 8. The maximum absolute atomic E-state index is 6.97. The highest BCUT2D eigenvalue weighted by Crippen LogP contribution is 2.59. The van der Waals surface area contributed by atoms with Crippen molar-refractivity contribution in [3.8, 4) is 11.1 Å². The lowest BCUT2D eigenvalue weighted by molar-refractivity contribution is 0.650. The van der Waals surface area contributed by atoms with Crippen LogP contribution in [0.15, 0.2) is 185 Å². The summed E-state index contributed by atoms with van der Waals surface area (Å²) < 4.78 is 16.4. The average molecular weight is 713 g/mol. The Morgan fingerprint density at radius 3 is 1.95 bits per heavy atom. The maximum atomic E-state index is 6.97. The Balaban J connectivity index is 1.23. The smallest absolute Gasteiger partial charge is 0.336 e. The van der Waals surface area contributed by atoms with Gasteiger partial charge in [-0.05, 0) is 57.4 Å². The standard InChI is InChI=1S/C51H29BN2O2/c1-3-15-30(16-4-1)51(31-17-5-2-6-18-31)37-23-9-10-26-40(37)53-41-29-36-32-19-7-11-27-42(32)55-49(36)45-35-22-13-21-34-44-33-20-8-12-28-43(33)56-50(44)54(47(34)35)52(46(41)45)39-25-14-24-38(51)48(39)53/h1-29H. The van der Waals surface area contributed by atoms with Crippen LogP contribution >= 0.6 is 0 Å². The van der Waals surface area contributed by atoms with Gasteiger partial charge in [0.15, 0.2) is 5.71 Å². The Hall–Kier alpha value is -7.24. The molecule has 11 aromatic rings. The first-order valence-electron chi connectivity index (χ1n) is 19.4. The van der Waals surface area contributed by atoms with Gasteiger partial charge < -0.3 is 18.2 Å². The highest BCUT2D eigenvalue weighted by atomic mass is 16.3. The monoisotopic (exact) mass is 712 g/mol. The molecule has 0 spiro atoms. The van der Waals surface area contributed by atoms with Gasteiger partial charge in [0.2, 0.25) is 0 Å². The van der Waals surface area contributed by atoms with Crippen LogP contribution in [-0.4, -0.2) is 11.3 Å². The van der Waals surface area contributed by atoms with E-state index in [4.69, 9.17) is 8.83 Å². The molecule has 0 atom stereocenters. The van der Waals surface area contributed by atoms with Crippen LogP contribution in [0.2, 0.25) is 0 Å². The van der Waals surface area contributed by atoms with Crippen molar-refractivity contribution in [2.24, 2.45) is 0 Å². The van der Waals surface area contributed by atoms with Crippen LogP contribution < -0.4 is 15.8 Å². The molecule has 0 amide bonds. The summed E-state index contributed by atoms with van der Waals surface area (Å²) in [5, 5.41) is 5.74. The molecule has 4 nitrogen and oxygen atoms in total. The minimum absolute atomic E-state index is 0.186. The molecule has 0 saturated heterocycles. The van der Waals surface area contributed by atoms with Crippen LogP contribution in [0.5, 0.6) is 0 Å². The highest BCUT2D eigenvalue weighted by Gasteiger charge is 2.52. The molecule has 0 bridgehead atoms. The van der Waals surface area contributed by atoms with Crippen molar-refractivity contribution in [3.05, 3.63) is 198 Å². The summed E-state index contributed by atoms with van der Waals surface area (Å²) in [5.74, 6) is 0. The van der Waals surface area contributed by atoms with E-state index >= 15 is 0 Å². The number of para-hydroxylation sites is 5. The zero-order valence-electron chi connectivity index (χ0n) is 30.0. The van der Waals surface area contributed by atoms with Gasteiger partial charge in [0.25, 0.3) is 0 Å². The number of fused-ring (bicyclic) bond motifs is 15. The van der Waals surface area contributed by atoms with Gasteiger partial charge in [-0.25, -0.2) is 0 Å². The molecule has 3 aromatic heterocycles. The third-order valence-corrected chi connectivity index (χ3v) is 13.0. The van der Waals surface area contributed by atoms with E-state index in [-0.39, 0.29) is 6.85 Å². The van der Waals surface area contributed by atoms with E-state index in [0.29, 0.717) is 0 Å². The predicted octanol–water partition coefficient (Wildman–Crippen LogP) is 11.6. The predicted molar refractivity (Wildman–Crippen MR) is 229 cm³/mol. The van der Waals surface area contributed by atoms with Crippen molar-refractivity contribution in [2.75, 3.05) is 4.90 Å². The maximum Gasteiger partial charge on any atom is 0.336 e. The van der Waals surface area contributed by atoms with E-state index < -0.39 is 5.41 Å². The van der Waals surface area contributed by atoms with Gasteiger partial charge in [-0.3, -0.25) is 0 Å². The fourth-order valence-electron chi connectivity index (χ4n) is 11.0. The van der Waals surface area contributed by atoms with E-state index in [0.717, 1.165) is 49.6 Å². The van der Waals surface area contributed by atoms with Gasteiger partial charge in [-0.2, -0.15) is 0 Å². The first kappa shape index (κ1) is 29.2. The molecule has 0 aliphatic carbocycles. The summed E-state index contributed by atoms with van der Waals surface area (Å²) in [5.41, 5.74) is 17.6. The molecule has 14 rings (SSSR count). The summed E-state index contributed by atoms with van der Waals surface area (Å²) in [7, 11) is 0. The molecule has 5 heteroatoms. The molecule has 0 saturated carbocycles. The number of anilines is 3. The number of hydrogen-bond donors (Lipinski definition) is 0. The Morgan fingerprint density at radius 2 is 1.14 bits per heavy atom. The molecule has 0 radical (unpaired) electrons. The quantitative estimate of drug-likeness (QED) is 0.167. The Morgan fingerprint density at radius 1 is 0.500 bits per heavy atom. The second kappa shape index (κ2) is 10.1. The van der Waals surface area contributed by atoms with Crippen molar-refractivity contribution >= 4 is 89.7 Å². The molecule has 3 aliphatic rings. The van der Waals surface area contributed by atoms with E-state index in [2.05, 4.69) is 185 Å². The lowest BCUT2D eigenvalue weighted by Crippen LogP contribution is -2.58. The normalized spacial score (nSPS) is 14.5. The van der Waals surface area contributed by atoms with Crippen LogP contribution in [0.1, 0.15) is 22.3 Å². The zero-order chi connectivity index (χ0) is 36.3. The number of rotatable bonds is 2. The van der Waals surface area contributed by atoms with E-state index in [1.807, 2.05) is 0 Å². The molecule has 258 valence electrons. The van der Waals surface area contributed by atoms with Crippen LogP contribution in [0.4, 0.5) is 17.1 Å². The van der Waals surface area contributed by atoms with Crippen molar-refractivity contribution in [3.63, 3.8) is 0 Å². The first-order valence-corrected chi connectivity index (χ1v) is 19.4. The van der Waals surface area contributed by atoms with Crippen molar-refractivity contribution in [1.29, 1.82) is 0 Å². The topological polar surface area (TPSA) is 34.5 Å². The van der Waals surface area contributed by atoms with E-state index in [1.165, 1.54) is 66.7 Å². The summed E-state index contributed by atoms with van der Waals surface area (Å²) in [6, 6.07) is 64.4. The average Bonchev–Trinajstić information content (AvgIpc) is 3.93. The van der Waals surface area contributed by atoms with Gasteiger partial charge >= 0.3 is 6.85 Å². The molecule has 6 heterocycles. The van der Waals surface area contributed by atoms with Crippen molar-refractivity contribution < 1.29 is 8.83 Å². The highest BCUT2D eigenvalue weighted by molar-refractivity contribution is 6.90. The van der Waals surface area contributed by atoms with E-state index in [9.17, 15) is 0 Å². The summed E-state index contributed by atoms with van der Waals surface area (Å²) in [4.78, 5) is 2.57.